The van der Waals surface area contributed by atoms with Crippen molar-refractivity contribution < 1.29 is 13.2 Å². The van der Waals surface area contributed by atoms with Gasteiger partial charge >= 0.3 is 0 Å². The molecule has 0 aromatic rings. The van der Waals surface area contributed by atoms with Gasteiger partial charge in [0.2, 0.25) is 0 Å². The highest BCUT2D eigenvalue weighted by atomic mass is 32.2. The van der Waals surface area contributed by atoms with Gasteiger partial charge < -0.3 is 10.5 Å². The lowest BCUT2D eigenvalue weighted by Gasteiger charge is -2.20. The minimum absolute atomic E-state index is 0.110. The van der Waals surface area contributed by atoms with Gasteiger partial charge in [0.05, 0.1) is 17.1 Å². The Morgan fingerprint density at radius 2 is 2.20 bits per heavy atom. The minimum Gasteiger partial charge on any atom is -0.377 e. The van der Waals surface area contributed by atoms with E-state index in [9.17, 15) is 8.42 Å². The van der Waals surface area contributed by atoms with Gasteiger partial charge in [0.1, 0.15) is 0 Å². The third-order valence-corrected chi connectivity index (χ3v) is 5.40. The van der Waals surface area contributed by atoms with Gasteiger partial charge in [0, 0.05) is 12.6 Å². The molecule has 3 atom stereocenters. The molecule has 1 heterocycles. The van der Waals surface area contributed by atoms with Crippen LogP contribution in [0.15, 0.2) is 0 Å². The zero-order valence-electron chi connectivity index (χ0n) is 9.48. The first-order valence-corrected chi connectivity index (χ1v) is 7.27. The van der Waals surface area contributed by atoms with Gasteiger partial charge in [0.25, 0.3) is 0 Å². The van der Waals surface area contributed by atoms with E-state index in [1.807, 2.05) is 6.92 Å². The molecular weight excluding hydrogens is 214 g/mol. The molecular formula is C10H21NO3S. The normalized spacial score (nSPS) is 26.5. The maximum atomic E-state index is 11.9. The minimum atomic E-state index is -3.11. The van der Waals surface area contributed by atoms with Crippen LogP contribution in [0, 0.1) is 0 Å². The maximum Gasteiger partial charge on any atom is 0.156 e. The third-order valence-electron chi connectivity index (χ3n) is 3.08. The van der Waals surface area contributed by atoms with Crippen LogP contribution in [0.3, 0.4) is 0 Å². The van der Waals surface area contributed by atoms with Crippen LogP contribution in [0.4, 0.5) is 0 Å². The van der Waals surface area contributed by atoms with Gasteiger partial charge in [0.15, 0.2) is 9.84 Å². The highest BCUT2D eigenvalue weighted by Crippen LogP contribution is 2.17. The predicted molar refractivity (Wildman–Crippen MR) is 60.5 cm³/mol. The highest BCUT2D eigenvalue weighted by molar-refractivity contribution is 7.92. The fourth-order valence-corrected chi connectivity index (χ4v) is 3.59. The zero-order chi connectivity index (χ0) is 11.5. The Kier molecular flexibility index (Phi) is 4.55. The molecule has 90 valence electrons. The van der Waals surface area contributed by atoms with Gasteiger partial charge in [-0.15, -0.1) is 0 Å². The van der Waals surface area contributed by atoms with Crippen molar-refractivity contribution in [1.29, 1.82) is 0 Å². The lowest BCUT2D eigenvalue weighted by Crippen LogP contribution is -2.40. The smallest absolute Gasteiger partial charge is 0.156 e. The van der Waals surface area contributed by atoms with Crippen LogP contribution >= 0.6 is 0 Å². The largest absolute Gasteiger partial charge is 0.377 e. The lowest BCUT2D eigenvalue weighted by molar-refractivity contribution is 0.127. The molecule has 1 aliphatic rings. The van der Waals surface area contributed by atoms with Gasteiger partial charge in [-0.25, -0.2) is 8.42 Å². The standard InChI is InChI=1S/C10H21NO3S/c1-3-10(11)8(2)15(12,13)7-9-5-4-6-14-9/h8-10H,3-7,11H2,1-2H3. The molecule has 0 aromatic carbocycles. The van der Waals surface area contributed by atoms with E-state index in [1.54, 1.807) is 6.92 Å². The number of sulfone groups is 1. The van der Waals surface area contributed by atoms with E-state index in [0.29, 0.717) is 13.0 Å². The van der Waals surface area contributed by atoms with Crippen LogP contribution in [-0.2, 0) is 14.6 Å². The van der Waals surface area contributed by atoms with E-state index in [1.165, 1.54) is 0 Å². The van der Waals surface area contributed by atoms with Crippen molar-refractivity contribution in [3.63, 3.8) is 0 Å². The lowest BCUT2D eigenvalue weighted by atomic mass is 10.2. The average molecular weight is 235 g/mol. The fraction of sp³-hybridized carbons (Fsp3) is 1.00. The van der Waals surface area contributed by atoms with Crippen molar-refractivity contribution in [1.82, 2.24) is 0 Å². The molecule has 3 unspecified atom stereocenters. The van der Waals surface area contributed by atoms with Crippen molar-refractivity contribution >= 4 is 9.84 Å². The molecule has 0 aromatic heterocycles. The Bertz CT molecular complexity index is 283. The maximum absolute atomic E-state index is 11.9. The van der Waals surface area contributed by atoms with Crippen LogP contribution in [-0.4, -0.2) is 38.2 Å². The molecule has 1 saturated heterocycles. The van der Waals surface area contributed by atoms with Gasteiger partial charge in [-0.3, -0.25) is 0 Å². The summed E-state index contributed by atoms with van der Waals surface area (Å²) in [5.41, 5.74) is 5.76. The second-order valence-electron chi connectivity index (χ2n) is 4.24. The molecule has 0 saturated carbocycles. The summed E-state index contributed by atoms with van der Waals surface area (Å²) in [7, 11) is -3.11. The van der Waals surface area contributed by atoms with Crippen LogP contribution in [0.25, 0.3) is 0 Å². The summed E-state index contributed by atoms with van der Waals surface area (Å²) in [6.45, 7) is 4.29. The fourth-order valence-electron chi connectivity index (χ4n) is 1.78. The number of hydrogen-bond acceptors (Lipinski definition) is 4. The topological polar surface area (TPSA) is 69.4 Å². The van der Waals surface area contributed by atoms with Crippen LogP contribution < -0.4 is 5.73 Å². The first-order chi connectivity index (χ1) is 6.97. The van der Waals surface area contributed by atoms with Crippen LogP contribution in [0.5, 0.6) is 0 Å². The summed E-state index contributed by atoms with van der Waals surface area (Å²) >= 11 is 0. The SMILES string of the molecule is CCC(N)C(C)S(=O)(=O)CC1CCCO1. The summed E-state index contributed by atoms with van der Waals surface area (Å²) in [4.78, 5) is 0. The molecule has 15 heavy (non-hydrogen) atoms. The van der Waals surface area contributed by atoms with E-state index in [0.717, 1.165) is 12.8 Å². The molecule has 5 heteroatoms. The molecule has 1 rings (SSSR count). The van der Waals surface area contributed by atoms with E-state index in [-0.39, 0.29) is 17.9 Å². The summed E-state index contributed by atoms with van der Waals surface area (Å²) in [5, 5.41) is -0.466. The van der Waals surface area contributed by atoms with Crippen molar-refractivity contribution in [2.24, 2.45) is 5.73 Å². The third kappa shape index (κ3) is 3.43. The van der Waals surface area contributed by atoms with Crippen molar-refractivity contribution in [2.45, 2.75) is 50.5 Å². The Hall–Kier alpha value is -0.130. The second kappa shape index (κ2) is 5.27. The Balaban J connectivity index is 2.57. The first kappa shape index (κ1) is 12.9. The van der Waals surface area contributed by atoms with Crippen molar-refractivity contribution in [3.05, 3.63) is 0 Å². The Morgan fingerprint density at radius 1 is 1.53 bits per heavy atom. The molecule has 0 radical (unpaired) electrons. The van der Waals surface area contributed by atoms with Crippen LogP contribution in [0.2, 0.25) is 0 Å². The second-order valence-corrected chi connectivity index (χ2v) is 6.64. The quantitative estimate of drug-likeness (QED) is 0.762. The molecule has 1 fully saturated rings. The highest BCUT2D eigenvalue weighted by Gasteiger charge is 2.30. The summed E-state index contributed by atoms with van der Waals surface area (Å²) in [5.74, 6) is 0.127. The predicted octanol–water partition coefficient (Wildman–Crippen LogP) is 0.706. The Labute approximate surface area is 92.1 Å². The summed E-state index contributed by atoms with van der Waals surface area (Å²) in [6, 6.07) is -0.267. The molecule has 0 spiro atoms. The average Bonchev–Trinajstić information content (AvgIpc) is 2.67. The van der Waals surface area contributed by atoms with E-state index >= 15 is 0 Å². The van der Waals surface area contributed by atoms with Gasteiger partial charge in [-0.2, -0.15) is 0 Å². The first-order valence-electron chi connectivity index (χ1n) is 5.56. The monoisotopic (exact) mass is 235 g/mol. The molecule has 0 aliphatic carbocycles. The van der Waals surface area contributed by atoms with Gasteiger partial charge in [-0.1, -0.05) is 6.92 Å². The number of rotatable bonds is 5. The van der Waals surface area contributed by atoms with Crippen LogP contribution in [0.1, 0.15) is 33.1 Å². The van der Waals surface area contributed by atoms with Crippen molar-refractivity contribution in [2.75, 3.05) is 12.4 Å². The summed E-state index contributed by atoms with van der Waals surface area (Å²) in [6.07, 6.45) is 2.40. The molecule has 2 N–H and O–H groups in total. The molecule has 1 aliphatic heterocycles. The molecule has 4 nitrogen and oxygen atoms in total. The Morgan fingerprint density at radius 3 is 2.67 bits per heavy atom. The molecule has 0 bridgehead atoms. The number of hydrogen-bond donors (Lipinski definition) is 1. The summed E-state index contributed by atoms with van der Waals surface area (Å²) < 4.78 is 29.2. The van der Waals surface area contributed by atoms with E-state index < -0.39 is 15.1 Å². The van der Waals surface area contributed by atoms with Gasteiger partial charge in [-0.05, 0) is 26.2 Å². The van der Waals surface area contributed by atoms with E-state index in [4.69, 9.17) is 10.5 Å². The molecule has 0 amide bonds. The zero-order valence-corrected chi connectivity index (χ0v) is 10.3. The number of nitrogens with two attached hydrogens (primary N) is 1. The van der Waals surface area contributed by atoms with Crippen molar-refractivity contribution in [3.8, 4) is 0 Å². The number of ether oxygens (including phenoxy) is 1. The van der Waals surface area contributed by atoms with E-state index in [2.05, 4.69) is 0 Å².